The number of aromatic nitrogens is 1. The van der Waals surface area contributed by atoms with Crippen molar-refractivity contribution in [3.05, 3.63) is 33.9 Å². The largest absolute Gasteiger partial charge is 0.418 e. The number of halogens is 4. The molecule has 4 nitrogen and oxygen atoms in total. The number of alkyl halides is 3. The van der Waals surface area contributed by atoms with Crippen LogP contribution >= 0.6 is 0 Å². The van der Waals surface area contributed by atoms with Gasteiger partial charge < -0.3 is 0 Å². The van der Waals surface area contributed by atoms with Crippen LogP contribution in [0.2, 0.25) is 0 Å². The molecule has 0 fully saturated rings. The first-order chi connectivity index (χ1) is 6.32. The van der Waals surface area contributed by atoms with Gasteiger partial charge >= 0.3 is 11.9 Å². The van der Waals surface area contributed by atoms with Gasteiger partial charge in [-0.3, -0.25) is 10.1 Å². The van der Waals surface area contributed by atoms with E-state index in [1.165, 1.54) is 0 Å². The van der Waals surface area contributed by atoms with Crippen LogP contribution < -0.4 is 0 Å². The van der Waals surface area contributed by atoms with Crippen molar-refractivity contribution in [1.29, 1.82) is 0 Å². The van der Waals surface area contributed by atoms with Crippen molar-refractivity contribution >= 4 is 5.69 Å². The summed E-state index contributed by atoms with van der Waals surface area (Å²) >= 11 is 0. The first-order valence-corrected chi connectivity index (χ1v) is 3.19. The average Bonchev–Trinajstić information content (AvgIpc) is 2.02. The van der Waals surface area contributed by atoms with Gasteiger partial charge in [-0.2, -0.15) is 17.6 Å². The Morgan fingerprint density at radius 2 is 2.00 bits per heavy atom. The second-order valence-electron chi connectivity index (χ2n) is 2.29. The zero-order valence-corrected chi connectivity index (χ0v) is 6.38. The van der Waals surface area contributed by atoms with E-state index in [1.54, 1.807) is 0 Å². The number of hydrogen-bond acceptors (Lipinski definition) is 3. The summed E-state index contributed by atoms with van der Waals surface area (Å²) in [6.07, 6.45) is -4.58. The Hall–Kier alpha value is -1.73. The molecule has 0 aliphatic carbocycles. The van der Waals surface area contributed by atoms with Gasteiger partial charge in [0.15, 0.2) is 0 Å². The van der Waals surface area contributed by atoms with Gasteiger partial charge in [-0.15, -0.1) is 0 Å². The molecule has 1 aromatic rings. The van der Waals surface area contributed by atoms with Crippen LogP contribution in [0.4, 0.5) is 23.2 Å². The van der Waals surface area contributed by atoms with E-state index in [-0.39, 0.29) is 12.3 Å². The number of rotatable bonds is 1. The zero-order chi connectivity index (χ0) is 10.9. The van der Waals surface area contributed by atoms with Crippen LogP contribution in [-0.2, 0) is 6.18 Å². The quantitative estimate of drug-likeness (QED) is 0.309. The number of pyridine rings is 1. The molecular formula is C6H2F4N2O2. The smallest absolute Gasteiger partial charge is 0.258 e. The minimum Gasteiger partial charge on any atom is -0.258 e. The molecular weight excluding hydrogens is 208 g/mol. The standard InChI is InChI=1S/C6H2F4N2O2/c7-5-4(12(13)14)1-3(2-11-5)6(8,9)10/h1-2H. The third-order valence-corrected chi connectivity index (χ3v) is 1.34. The fourth-order valence-corrected chi connectivity index (χ4v) is 0.720. The molecule has 0 aliphatic heterocycles. The summed E-state index contributed by atoms with van der Waals surface area (Å²) in [5, 5.41) is 10.1. The van der Waals surface area contributed by atoms with Gasteiger partial charge in [0.05, 0.1) is 10.5 Å². The van der Waals surface area contributed by atoms with Crippen LogP contribution in [0.25, 0.3) is 0 Å². The van der Waals surface area contributed by atoms with E-state index < -0.39 is 28.3 Å². The first kappa shape index (κ1) is 10.4. The summed E-state index contributed by atoms with van der Waals surface area (Å²) in [6, 6.07) is 0.0995. The van der Waals surface area contributed by atoms with Gasteiger partial charge in [0.1, 0.15) is 0 Å². The van der Waals surface area contributed by atoms with Crippen LogP contribution in [0.1, 0.15) is 5.56 Å². The molecule has 0 spiro atoms. The number of hydrogen-bond donors (Lipinski definition) is 0. The maximum absolute atomic E-state index is 12.5. The molecule has 14 heavy (non-hydrogen) atoms. The molecule has 0 N–H and O–H groups in total. The second kappa shape index (κ2) is 3.20. The molecule has 0 saturated carbocycles. The highest BCUT2D eigenvalue weighted by molar-refractivity contribution is 5.32. The van der Waals surface area contributed by atoms with Crippen molar-refractivity contribution in [2.75, 3.05) is 0 Å². The minimum absolute atomic E-state index is 0.0995. The van der Waals surface area contributed by atoms with Crippen LogP contribution in [0.3, 0.4) is 0 Å². The number of nitrogens with zero attached hydrogens (tertiary/aromatic N) is 2. The SMILES string of the molecule is O=[N+]([O-])c1cc(C(F)(F)F)cnc1F. The van der Waals surface area contributed by atoms with Gasteiger partial charge in [0.2, 0.25) is 0 Å². The summed E-state index contributed by atoms with van der Waals surface area (Å²) < 4.78 is 48.4. The van der Waals surface area contributed by atoms with E-state index in [4.69, 9.17) is 0 Å². The number of nitro groups is 1. The van der Waals surface area contributed by atoms with Gasteiger partial charge in [-0.05, 0) is 0 Å². The van der Waals surface area contributed by atoms with Crippen LogP contribution in [0.5, 0.6) is 0 Å². The Morgan fingerprint density at radius 3 is 2.43 bits per heavy atom. The third kappa shape index (κ3) is 1.95. The predicted molar refractivity (Wildman–Crippen MR) is 35.9 cm³/mol. The zero-order valence-electron chi connectivity index (χ0n) is 6.38. The van der Waals surface area contributed by atoms with Crippen LogP contribution in [0.15, 0.2) is 12.3 Å². The van der Waals surface area contributed by atoms with Crippen molar-refractivity contribution < 1.29 is 22.5 Å². The second-order valence-corrected chi connectivity index (χ2v) is 2.29. The molecule has 1 heterocycles. The fourth-order valence-electron chi connectivity index (χ4n) is 0.720. The van der Waals surface area contributed by atoms with Gasteiger partial charge in [0.25, 0.3) is 5.95 Å². The maximum atomic E-state index is 12.5. The summed E-state index contributed by atoms with van der Waals surface area (Å²) in [7, 11) is 0. The first-order valence-electron chi connectivity index (χ1n) is 3.19. The van der Waals surface area contributed by atoms with Gasteiger partial charge in [-0.25, -0.2) is 4.98 Å². The molecule has 0 aromatic carbocycles. The molecule has 0 aliphatic rings. The van der Waals surface area contributed by atoms with Gasteiger partial charge in [-0.1, -0.05) is 0 Å². The van der Waals surface area contributed by atoms with Crippen LogP contribution in [0, 0.1) is 16.1 Å². The lowest BCUT2D eigenvalue weighted by atomic mass is 10.2. The molecule has 1 aromatic heterocycles. The Morgan fingerprint density at radius 1 is 1.43 bits per heavy atom. The molecule has 0 amide bonds. The molecule has 8 heteroatoms. The van der Waals surface area contributed by atoms with Crippen molar-refractivity contribution in [2.24, 2.45) is 0 Å². The van der Waals surface area contributed by atoms with Crippen molar-refractivity contribution in [1.82, 2.24) is 4.98 Å². The topological polar surface area (TPSA) is 56.0 Å². The van der Waals surface area contributed by atoms with E-state index in [0.717, 1.165) is 0 Å². The highest BCUT2D eigenvalue weighted by atomic mass is 19.4. The van der Waals surface area contributed by atoms with Crippen molar-refractivity contribution in [3.8, 4) is 0 Å². The lowest BCUT2D eigenvalue weighted by Crippen LogP contribution is -2.07. The molecule has 1 rings (SSSR count). The summed E-state index contributed by atoms with van der Waals surface area (Å²) in [4.78, 5) is 11.4. The minimum atomic E-state index is -4.77. The Labute approximate surface area is 74.3 Å². The highest BCUT2D eigenvalue weighted by Gasteiger charge is 2.33. The lowest BCUT2D eigenvalue weighted by molar-refractivity contribution is -0.388. The highest BCUT2D eigenvalue weighted by Crippen LogP contribution is 2.31. The molecule has 0 atom stereocenters. The molecule has 0 bridgehead atoms. The normalized spacial score (nSPS) is 11.4. The maximum Gasteiger partial charge on any atom is 0.418 e. The van der Waals surface area contributed by atoms with E-state index >= 15 is 0 Å². The van der Waals surface area contributed by atoms with E-state index in [9.17, 15) is 27.7 Å². The molecule has 0 unspecified atom stereocenters. The summed E-state index contributed by atoms with van der Waals surface area (Å²) in [5.41, 5.74) is -2.65. The van der Waals surface area contributed by atoms with E-state index in [1.807, 2.05) is 0 Å². The van der Waals surface area contributed by atoms with E-state index in [2.05, 4.69) is 4.98 Å². The van der Waals surface area contributed by atoms with Crippen molar-refractivity contribution in [2.45, 2.75) is 6.18 Å². The molecule has 76 valence electrons. The summed E-state index contributed by atoms with van der Waals surface area (Å²) in [5.74, 6) is -1.54. The Bertz CT molecular complexity index is 377. The Balaban J connectivity index is 3.27. The van der Waals surface area contributed by atoms with Gasteiger partial charge in [0, 0.05) is 12.3 Å². The molecule has 0 radical (unpaired) electrons. The van der Waals surface area contributed by atoms with Crippen molar-refractivity contribution in [3.63, 3.8) is 0 Å². The Kier molecular flexibility index (Phi) is 2.37. The monoisotopic (exact) mass is 210 g/mol. The van der Waals surface area contributed by atoms with E-state index in [0.29, 0.717) is 0 Å². The average molecular weight is 210 g/mol. The summed E-state index contributed by atoms with van der Waals surface area (Å²) in [6.45, 7) is 0. The van der Waals surface area contributed by atoms with Crippen LogP contribution in [-0.4, -0.2) is 9.91 Å². The lowest BCUT2D eigenvalue weighted by Gasteiger charge is -2.04. The fraction of sp³-hybridized carbons (Fsp3) is 0.167. The molecule has 0 saturated heterocycles. The predicted octanol–water partition coefficient (Wildman–Crippen LogP) is 2.15. The third-order valence-electron chi connectivity index (χ3n) is 1.34.